The van der Waals surface area contributed by atoms with E-state index in [9.17, 15) is 0 Å². The maximum atomic E-state index is 5.79. The van der Waals surface area contributed by atoms with Crippen LogP contribution in [0.25, 0.3) is 0 Å². The minimum absolute atomic E-state index is 0.0179. The molecule has 0 saturated carbocycles. The lowest BCUT2D eigenvalue weighted by Crippen LogP contribution is -2.27. The lowest BCUT2D eigenvalue weighted by Gasteiger charge is -2.18. The summed E-state index contributed by atoms with van der Waals surface area (Å²) < 4.78 is 0. The molecule has 0 unspecified atom stereocenters. The van der Waals surface area contributed by atoms with Crippen molar-refractivity contribution in [2.45, 2.75) is 0 Å². The maximum Gasteiger partial charge on any atom is 0.184 e. The van der Waals surface area contributed by atoms with Gasteiger partial charge in [-0.25, -0.2) is 15.0 Å². The van der Waals surface area contributed by atoms with Gasteiger partial charge in [0.15, 0.2) is 5.84 Å². The van der Waals surface area contributed by atoms with Crippen LogP contribution in [-0.2, 0) is 0 Å². The number of benzene rings is 2. The Morgan fingerprint density at radius 1 is 0.760 bits per heavy atom. The van der Waals surface area contributed by atoms with Crippen LogP contribution >= 0.6 is 0 Å². The number of hydrogen-bond acceptors (Lipinski definition) is 5. The molecule has 0 fully saturated rings. The van der Waals surface area contributed by atoms with Crippen LogP contribution in [0.3, 0.4) is 0 Å². The second kappa shape index (κ2) is 6.84. The van der Waals surface area contributed by atoms with Crippen molar-refractivity contribution in [3.63, 3.8) is 0 Å². The summed E-state index contributed by atoms with van der Waals surface area (Å²) in [5.41, 5.74) is 20.6. The second-order valence-corrected chi connectivity index (χ2v) is 5.38. The van der Waals surface area contributed by atoms with Crippen molar-refractivity contribution in [1.82, 2.24) is 0 Å². The number of nitrogens with two attached hydrogens (primary N) is 3. The van der Waals surface area contributed by atoms with E-state index in [-0.39, 0.29) is 23.2 Å². The molecular weight excluding hydrogens is 312 g/mol. The zero-order valence-electron chi connectivity index (χ0n) is 13.6. The van der Waals surface area contributed by atoms with E-state index in [4.69, 9.17) is 17.2 Å². The Morgan fingerprint density at radius 3 is 1.68 bits per heavy atom. The smallest absolute Gasteiger partial charge is 0.184 e. The van der Waals surface area contributed by atoms with Crippen molar-refractivity contribution >= 4 is 17.3 Å². The highest BCUT2D eigenvalue weighted by Gasteiger charge is 2.24. The molecule has 0 radical (unpaired) electrons. The monoisotopic (exact) mass is 330 g/mol. The van der Waals surface area contributed by atoms with Crippen LogP contribution in [0.15, 0.2) is 99.6 Å². The van der Waals surface area contributed by atoms with E-state index < -0.39 is 0 Å². The molecule has 6 heteroatoms. The summed E-state index contributed by atoms with van der Waals surface area (Å²) in [6.07, 6.45) is 0. The summed E-state index contributed by atoms with van der Waals surface area (Å²) >= 11 is 0. The van der Waals surface area contributed by atoms with Gasteiger partial charge in [-0.15, -0.1) is 0 Å². The van der Waals surface area contributed by atoms with Gasteiger partial charge in [-0.3, -0.25) is 0 Å². The van der Waals surface area contributed by atoms with Crippen molar-refractivity contribution in [1.29, 1.82) is 0 Å². The van der Waals surface area contributed by atoms with Gasteiger partial charge in [-0.05, 0) is 0 Å². The summed E-state index contributed by atoms with van der Waals surface area (Å²) in [6.45, 7) is 3.59. The summed E-state index contributed by atoms with van der Waals surface area (Å²) in [7, 11) is 0. The Balaban J connectivity index is 2.25. The van der Waals surface area contributed by atoms with Gasteiger partial charge in [-0.2, -0.15) is 0 Å². The van der Waals surface area contributed by atoms with Crippen molar-refractivity contribution < 1.29 is 0 Å². The third-order valence-electron chi connectivity index (χ3n) is 3.49. The number of nitrogens with zero attached hydrogens (tertiary/aromatic N) is 3. The van der Waals surface area contributed by atoms with Crippen LogP contribution < -0.4 is 17.2 Å². The normalized spacial score (nSPS) is 15.5. The van der Waals surface area contributed by atoms with Crippen LogP contribution in [0.2, 0.25) is 0 Å². The molecule has 2 aromatic carbocycles. The number of amidine groups is 1. The molecular formula is C19H18N6. The fourth-order valence-corrected chi connectivity index (χ4v) is 2.43. The van der Waals surface area contributed by atoms with Gasteiger partial charge < -0.3 is 17.2 Å². The molecule has 25 heavy (non-hydrogen) atoms. The molecule has 0 saturated heterocycles. The first-order chi connectivity index (χ1) is 12.1. The van der Waals surface area contributed by atoms with Crippen molar-refractivity contribution in [3.05, 3.63) is 95.7 Å². The van der Waals surface area contributed by atoms with Crippen LogP contribution in [0, 0.1) is 0 Å². The van der Waals surface area contributed by atoms with Crippen molar-refractivity contribution in [2.24, 2.45) is 32.2 Å². The SMILES string of the molecule is C=C(N)/N=C1/N=C(c2ccccc2)C(c2ccccc2)=NC1=C(N)N. The van der Waals surface area contributed by atoms with E-state index in [0.29, 0.717) is 11.4 Å². The van der Waals surface area contributed by atoms with E-state index >= 15 is 0 Å². The van der Waals surface area contributed by atoms with Gasteiger partial charge in [-0.1, -0.05) is 67.2 Å². The fraction of sp³-hybridized carbons (Fsp3) is 0. The molecule has 0 spiro atoms. The summed E-state index contributed by atoms with van der Waals surface area (Å²) in [5, 5.41) is 0. The Kier molecular flexibility index (Phi) is 4.43. The van der Waals surface area contributed by atoms with Crippen LogP contribution in [0.1, 0.15) is 11.1 Å². The van der Waals surface area contributed by atoms with Crippen LogP contribution in [0.4, 0.5) is 0 Å². The summed E-state index contributed by atoms with van der Waals surface area (Å²) in [6, 6.07) is 19.4. The highest BCUT2D eigenvalue weighted by Crippen LogP contribution is 2.19. The molecule has 1 aliphatic heterocycles. The quantitative estimate of drug-likeness (QED) is 0.798. The lowest BCUT2D eigenvalue weighted by atomic mass is 9.98. The fourth-order valence-electron chi connectivity index (χ4n) is 2.43. The van der Waals surface area contributed by atoms with E-state index in [1.54, 1.807) is 0 Å². The number of hydrogen-bond donors (Lipinski definition) is 3. The molecule has 6 nitrogen and oxygen atoms in total. The number of aliphatic imine (C=N–C) groups is 3. The van der Waals surface area contributed by atoms with Gasteiger partial charge in [0.2, 0.25) is 0 Å². The molecule has 1 aliphatic rings. The highest BCUT2D eigenvalue weighted by molar-refractivity contribution is 6.56. The number of rotatable bonds is 3. The summed E-state index contributed by atoms with van der Waals surface area (Å²) in [5.74, 6) is 0.360. The Morgan fingerprint density at radius 2 is 1.24 bits per heavy atom. The first-order valence-corrected chi connectivity index (χ1v) is 7.63. The minimum atomic E-state index is 0.0179. The molecule has 0 atom stereocenters. The van der Waals surface area contributed by atoms with Crippen molar-refractivity contribution in [3.8, 4) is 0 Å². The molecule has 124 valence electrons. The Bertz CT molecular complexity index is 917. The standard InChI is InChI=1S/C19H18N6/c1-12(20)23-19-17(18(21)22)24-15(13-8-4-2-5-9-13)16(25-19)14-10-6-3-7-11-14/h2-11H,1,20-22H2/b23-19+. The van der Waals surface area contributed by atoms with Crippen LogP contribution in [-0.4, -0.2) is 17.3 Å². The van der Waals surface area contributed by atoms with Gasteiger partial charge in [0.05, 0.1) is 11.4 Å². The third-order valence-corrected chi connectivity index (χ3v) is 3.49. The third kappa shape index (κ3) is 3.48. The van der Waals surface area contributed by atoms with Gasteiger partial charge in [0, 0.05) is 11.1 Å². The minimum Gasteiger partial charge on any atom is -0.384 e. The largest absolute Gasteiger partial charge is 0.384 e. The molecule has 6 N–H and O–H groups in total. The lowest BCUT2D eigenvalue weighted by molar-refractivity contribution is 1.15. The first kappa shape index (κ1) is 16.2. The highest BCUT2D eigenvalue weighted by atomic mass is 15.1. The molecule has 0 bridgehead atoms. The molecule has 2 aromatic rings. The average Bonchev–Trinajstić information content (AvgIpc) is 2.62. The molecule has 0 aromatic heterocycles. The average molecular weight is 330 g/mol. The van der Waals surface area contributed by atoms with Gasteiger partial charge >= 0.3 is 0 Å². The maximum absolute atomic E-state index is 5.79. The molecule has 0 aliphatic carbocycles. The second-order valence-electron chi connectivity index (χ2n) is 5.38. The van der Waals surface area contributed by atoms with E-state index in [0.717, 1.165) is 11.1 Å². The van der Waals surface area contributed by atoms with Crippen molar-refractivity contribution in [2.75, 3.05) is 0 Å². The first-order valence-electron chi connectivity index (χ1n) is 7.63. The Hall–Kier alpha value is -3.67. The van der Waals surface area contributed by atoms with Crippen LogP contribution in [0.5, 0.6) is 0 Å². The summed E-state index contributed by atoms with van der Waals surface area (Å²) in [4.78, 5) is 13.4. The van der Waals surface area contributed by atoms with E-state index in [2.05, 4.69) is 21.6 Å². The Labute approximate surface area is 145 Å². The predicted octanol–water partition coefficient (Wildman–Crippen LogP) is 1.89. The topological polar surface area (TPSA) is 115 Å². The zero-order chi connectivity index (χ0) is 17.8. The molecule has 1 heterocycles. The zero-order valence-corrected chi connectivity index (χ0v) is 13.6. The van der Waals surface area contributed by atoms with Gasteiger partial charge in [0.1, 0.15) is 17.3 Å². The van der Waals surface area contributed by atoms with E-state index in [1.807, 2.05) is 60.7 Å². The predicted molar refractivity (Wildman–Crippen MR) is 102 cm³/mol. The van der Waals surface area contributed by atoms with Gasteiger partial charge in [0.25, 0.3) is 0 Å². The molecule has 3 rings (SSSR count). The van der Waals surface area contributed by atoms with E-state index in [1.165, 1.54) is 0 Å². The molecule has 0 amide bonds.